The Kier molecular flexibility index (Phi) is 4.54. The van der Waals surface area contributed by atoms with Crippen LogP contribution in [0.4, 0.5) is 16.2 Å². The van der Waals surface area contributed by atoms with E-state index in [2.05, 4.69) is 21.3 Å². The van der Waals surface area contributed by atoms with Crippen molar-refractivity contribution in [3.8, 4) is 0 Å². The van der Waals surface area contributed by atoms with E-state index in [1.807, 2.05) is 0 Å². The third-order valence-electron chi connectivity index (χ3n) is 3.06. The van der Waals surface area contributed by atoms with Crippen molar-refractivity contribution >= 4 is 23.3 Å². The van der Waals surface area contributed by atoms with Gasteiger partial charge in [-0.2, -0.15) is 0 Å². The first-order valence-electron chi connectivity index (χ1n) is 6.39. The smallest absolute Gasteiger partial charge is 0.318 e. The van der Waals surface area contributed by atoms with Crippen LogP contribution in [-0.4, -0.2) is 42.8 Å². The highest BCUT2D eigenvalue weighted by molar-refractivity contribution is 5.95. The van der Waals surface area contributed by atoms with Crippen LogP contribution in [-0.2, 0) is 4.79 Å². The van der Waals surface area contributed by atoms with E-state index in [-0.39, 0.29) is 18.0 Å². The summed E-state index contributed by atoms with van der Waals surface area (Å²) in [5.74, 6) is -0.173. The number of rotatable bonds is 3. The SMILES string of the molecule is CNC(=O)Nc1ccc(NC(=O)C2CC(O)CN2)cc1. The van der Waals surface area contributed by atoms with Crippen molar-refractivity contribution in [3.05, 3.63) is 24.3 Å². The number of urea groups is 1. The van der Waals surface area contributed by atoms with Gasteiger partial charge >= 0.3 is 6.03 Å². The molecule has 7 nitrogen and oxygen atoms in total. The number of β-amino-alcohol motifs (C(OH)–C–C–N with tert-alkyl or cyclic N) is 1. The van der Waals surface area contributed by atoms with Gasteiger partial charge in [0.1, 0.15) is 0 Å². The summed E-state index contributed by atoms with van der Waals surface area (Å²) in [7, 11) is 1.53. The molecule has 5 N–H and O–H groups in total. The molecule has 108 valence electrons. The van der Waals surface area contributed by atoms with Crippen LogP contribution >= 0.6 is 0 Å². The molecule has 0 bridgehead atoms. The van der Waals surface area contributed by atoms with Gasteiger partial charge in [0.25, 0.3) is 0 Å². The number of carbonyl (C=O) groups is 2. The first-order chi connectivity index (χ1) is 9.58. The molecule has 2 rings (SSSR count). The Bertz CT molecular complexity index is 489. The molecule has 1 aliphatic rings. The minimum Gasteiger partial charge on any atom is -0.392 e. The molecule has 1 saturated heterocycles. The number of anilines is 2. The predicted molar refractivity (Wildman–Crippen MR) is 75.6 cm³/mol. The van der Waals surface area contributed by atoms with Crippen LogP contribution in [0.5, 0.6) is 0 Å². The normalized spacial score (nSPS) is 21.3. The molecule has 0 aromatic heterocycles. The Morgan fingerprint density at radius 1 is 1.20 bits per heavy atom. The van der Waals surface area contributed by atoms with Gasteiger partial charge in [0.15, 0.2) is 0 Å². The molecule has 0 radical (unpaired) electrons. The number of nitrogens with one attached hydrogen (secondary N) is 4. The summed E-state index contributed by atoms with van der Waals surface area (Å²) >= 11 is 0. The maximum atomic E-state index is 11.9. The molecule has 2 unspecified atom stereocenters. The van der Waals surface area contributed by atoms with Crippen LogP contribution in [0.15, 0.2) is 24.3 Å². The van der Waals surface area contributed by atoms with Crippen LogP contribution in [0.25, 0.3) is 0 Å². The zero-order chi connectivity index (χ0) is 14.5. The average Bonchev–Trinajstić information content (AvgIpc) is 2.87. The van der Waals surface area contributed by atoms with E-state index in [1.165, 1.54) is 7.05 Å². The topological polar surface area (TPSA) is 102 Å². The summed E-state index contributed by atoms with van der Waals surface area (Å²) in [6.45, 7) is 0.438. The summed E-state index contributed by atoms with van der Waals surface area (Å²) in [5.41, 5.74) is 1.28. The lowest BCUT2D eigenvalue weighted by molar-refractivity contribution is -0.117. The lowest BCUT2D eigenvalue weighted by Gasteiger charge is -2.11. The standard InChI is InChI=1S/C13H18N4O3/c1-14-13(20)17-9-4-2-8(3-5-9)16-12(19)11-6-10(18)7-15-11/h2-5,10-11,15,18H,6-7H2,1H3,(H,16,19)(H2,14,17,20). The maximum absolute atomic E-state index is 11.9. The van der Waals surface area contributed by atoms with E-state index >= 15 is 0 Å². The number of benzene rings is 1. The Hall–Kier alpha value is -2.12. The quantitative estimate of drug-likeness (QED) is 0.541. The Morgan fingerprint density at radius 3 is 2.30 bits per heavy atom. The van der Waals surface area contributed by atoms with Crippen molar-refractivity contribution in [3.63, 3.8) is 0 Å². The number of amides is 3. The van der Waals surface area contributed by atoms with Gasteiger partial charge in [-0.15, -0.1) is 0 Å². The van der Waals surface area contributed by atoms with Gasteiger partial charge in [0.05, 0.1) is 12.1 Å². The van der Waals surface area contributed by atoms with Crippen LogP contribution in [0.2, 0.25) is 0 Å². The molecule has 0 saturated carbocycles. The average molecular weight is 278 g/mol. The second kappa shape index (κ2) is 6.36. The van der Waals surface area contributed by atoms with Gasteiger partial charge in [0.2, 0.25) is 5.91 Å². The zero-order valence-corrected chi connectivity index (χ0v) is 11.1. The van der Waals surface area contributed by atoms with E-state index in [9.17, 15) is 14.7 Å². The van der Waals surface area contributed by atoms with Crippen LogP contribution < -0.4 is 21.3 Å². The predicted octanol–water partition coefficient (Wildman–Crippen LogP) is 0.0992. The first kappa shape index (κ1) is 14.3. The summed E-state index contributed by atoms with van der Waals surface area (Å²) in [6, 6.07) is 6.13. The third-order valence-corrected chi connectivity index (χ3v) is 3.06. The second-order valence-electron chi connectivity index (χ2n) is 4.62. The number of aliphatic hydroxyl groups excluding tert-OH is 1. The minimum atomic E-state index is -0.468. The molecule has 0 spiro atoms. The van der Waals surface area contributed by atoms with Crippen molar-refractivity contribution in [1.29, 1.82) is 0 Å². The van der Waals surface area contributed by atoms with Gasteiger partial charge in [0, 0.05) is 25.0 Å². The number of hydrogen-bond donors (Lipinski definition) is 5. The van der Waals surface area contributed by atoms with E-state index in [4.69, 9.17) is 0 Å². The Labute approximate surface area is 116 Å². The second-order valence-corrected chi connectivity index (χ2v) is 4.62. The van der Waals surface area contributed by atoms with E-state index in [1.54, 1.807) is 24.3 Å². The summed E-state index contributed by atoms with van der Waals surface area (Å²) in [5, 5.41) is 20.1. The fraction of sp³-hybridized carbons (Fsp3) is 0.385. The molecule has 0 aliphatic carbocycles. The number of carbonyl (C=O) groups excluding carboxylic acids is 2. The molecule has 1 aromatic rings. The van der Waals surface area contributed by atoms with Gasteiger partial charge < -0.3 is 26.4 Å². The van der Waals surface area contributed by atoms with E-state index < -0.39 is 6.10 Å². The molecule has 1 heterocycles. The van der Waals surface area contributed by atoms with Crippen molar-refractivity contribution in [2.45, 2.75) is 18.6 Å². The van der Waals surface area contributed by atoms with Crippen LogP contribution in [0.1, 0.15) is 6.42 Å². The van der Waals surface area contributed by atoms with Crippen molar-refractivity contribution < 1.29 is 14.7 Å². The summed E-state index contributed by atoms with van der Waals surface area (Å²) in [6.07, 6.45) is -0.0489. The van der Waals surface area contributed by atoms with E-state index in [0.29, 0.717) is 24.3 Å². The van der Waals surface area contributed by atoms with Crippen molar-refractivity contribution in [2.75, 3.05) is 24.2 Å². The Balaban J connectivity index is 1.90. The fourth-order valence-electron chi connectivity index (χ4n) is 1.98. The third kappa shape index (κ3) is 3.69. The molecule has 20 heavy (non-hydrogen) atoms. The monoisotopic (exact) mass is 278 g/mol. The van der Waals surface area contributed by atoms with Gasteiger partial charge in [-0.25, -0.2) is 4.79 Å². The highest BCUT2D eigenvalue weighted by Crippen LogP contribution is 2.15. The lowest BCUT2D eigenvalue weighted by Crippen LogP contribution is -2.35. The summed E-state index contributed by atoms with van der Waals surface area (Å²) in [4.78, 5) is 23.0. The van der Waals surface area contributed by atoms with Gasteiger partial charge in [-0.3, -0.25) is 4.79 Å². The molecule has 7 heteroatoms. The molecular formula is C13H18N4O3. The molecule has 1 aromatic carbocycles. The number of hydrogen-bond acceptors (Lipinski definition) is 4. The molecular weight excluding hydrogens is 260 g/mol. The first-order valence-corrected chi connectivity index (χ1v) is 6.39. The van der Waals surface area contributed by atoms with Crippen LogP contribution in [0.3, 0.4) is 0 Å². The minimum absolute atomic E-state index is 0.173. The number of aliphatic hydroxyl groups is 1. The van der Waals surface area contributed by atoms with Gasteiger partial charge in [-0.05, 0) is 30.7 Å². The molecule has 3 amide bonds. The molecule has 2 atom stereocenters. The highest BCUT2D eigenvalue weighted by atomic mass is 16.3. The van der Waals surface area contributed by atoms with E-state index in [0.717, 1.165) is 0 Å². The largest absolute Gasteiger partial charge is 0.392 e. The zero-order valence-electron chi connectivity index (χ0n) is 11.1. The van der Waals surface area contributed by atoms with Crippen LogP contribution in [0, 0.1) is 0 Å². The van der Waals surface area contributed by atoms with Gasteiger partial charge in [-0.1, -0.05) is 0 Å². The summed E-state index contributed by atoms with van der Waals surface area (Å²) < 4.78 is 0. The Morgan fingerprint density at radius 2 is 1.80 bits per heavy atom. The van der Waals surface area contributed by atoms with Crippen molar-refractivity contribution in [2.24, 2.45) is 0 Å². The fourth-order valence-corrected chi connectivity index (χ4v) is 1.98. The molecule has 1 aliphatic heterocycles. The lowest BCUT2D eigenvalue weighted by atomic mass is 10.2. The van der Waals surface area contributed by atoms with Crippen molar-refractivity contribution in [1.82, 2.24) is 10.6 Å². The molecule has 1 fully saturated rings. The maximum Gasteiger partial charge on any atom is 0.318 e. The highest BCUT2D eigenvalue weighted by Gasteiger charge is 2.27.